The van der Waals surface area contributed by atoms with E-state index in [1.54, 1.807) is 14.0 Å². The lowest BCUT2D eigenvalue weighted by Gasteiger charge is -2.14. The van der Waals surface area contributed by atoms with Gasteiger partial charge in [0, 0.05) is 27.7 Å². The van der Waals surface area contributed by atoms with E-state index in [2.05, 4.69) is 8.75 Å². The Balaban J connectivity index is 1.82. The molecule has 2 aromatic heterocycles. The maximum atomic E-state index is 13.3. The van der Waals surface area contributed by atoms with E-state index in [4.69, 9.17) is 15.2 Å². The molecule has 166 valence electrons. The molecule has 0 atom stereocenters. The molecule has 0 aliphatic rings. The maximum Gasteiger partial charge on any atom is 0.355 e. The molecule has 8 heteroatoms. The Kier molecular flexibility index (Phi) is 5.43. The van der Waals surface area contributed by atoms with Crippen molar-refractivity contribution in [1.29, 1.82) is 0 Å². The van der Waals surface area contributed by atoms with Crippen LogP contribution in [0.4, 0.5) is 5.69 Å². The normalized spacial score (nSPS) is 11.2. The van der Waals surface area contributed by atoms with Gasteiger partial charge in [0.25, 0.3) is 0 Å². The summed E-state index contributed by atoms with van der Waals surface area (Å²) in [7, 11) is 1.64. The summed E-state index contributed by atoms with van der Waals surface area (Å²) in [5.41, 5.74) is 12.3. The molecule has 3 aromatic carbocycles. The predicted octanol–water partition coefficient (Wildman–Crippen LogP) is 5.13. The van der Waals surface area contributed by atoms with Crippen LogP contribution in [0.2, 0.25) is 0 Å². The van der Waals surface area contributed by atoms with Gasteiger partial charge in [-0.3, -0.25) is 0 Å². The second kappa shape index (κ2) is 8.55. The summed E-state index contributed by atoms with van der Waals surface area (Å²) in [6.45, 7) is 2.50. The summed E-state index contributed by atoms with van der Waals surface area (Å²) in [5, 5.41) is 0.871. The van der Waals surface area contributed by atoms with Crippen molar-refractivity contribution >= 4 is 45.3 Å². The Morgan fingerprint density at radius 2 is 1.88 bits per heavy atom. The molecule has 0 saturated heterocycles. The van der Waals surface area contributed by atoms with E-state index in [1.165, 1.54) is 0 Å². The molecule has 0 bridgehead atoms. The number of anilines is 1. The molecule has 0 aliphatic heterocycles. The minimum atomic E-state index is -0.395. The topological polar surface area (TPSA) is 92.3 Å². The summed E-state index contributed by atoms with van der Waals surface area (Å²) in [6, 6.07) is 19.3. The number of para-hydroxylation sites is 1. The smallest absolute Gasteiger partial charge is 0.355 e. The third kappa shape index (κ3) is 3.68. The zero-order valence-corrected chi connectivity index (χ0v) is 19.1. The number of nitrogen functional groups attached to an aromatic ring is 1. The molecule has 33 heavy (non-hydrogen) atoms. The molecular weight excluding hydrogens is 436 g/mol. The number of aromatic nitrogens is 3. The van der Waals surface area contributed by atoms with Gasteiger partial charge in [0.1, 0.15) is 22.5 Å². The van der Waals surface area contributed by atoms with Crippen LogP contribution in [-0.2, 0) is 11.3 Å². The van der Waals surface area contributed by atoms with E-state index < -0.39 is 5.97 Å². The highest BCUT2D eigenvalue weighted by molar-refractivity contribution is 7.00. The molecule has 0 fully saturated rings. The number of hydrogen-bond acceptors (Lipinski definition) is 7. The Morgan fingerprint density at radius 1 is 1.06 bits per heavy atom. The number of nitrogens with zero attached hydrogens (tertiary/aromatic N) is 3. The second-order valence-corrected chi connectivity index (χ2v) is 8.11. The molecule has 7 nitrogen and oxygen atoms in total. The number of esters is 1. The fourth-order valence-electron chi connectivity index (χ4n) is 4.18. The number of benzene rings is 3. The van der Waals surface area contributed by atoms with Crippen LogP contribution in [0.5, 0.6) is 5.75 Å². The summed E-state index contributed by atoms with van der Waals surface area (Å²) in [6.07, 6.45) is 0. The first-order valence-corrected chi connectivity index (χ1v) is 11.3. The minimum absolute atomic E-state index is 0.269. The third-order valence-corrected chi connectivity index (χ3v) is 6.18. The van der Waals surface area contributed by atoms with Gasteiger partial charge in [-0.2, -0.15) is 8.75 Å². The van der Waals surface area contributed by atoms with Crippen LogP contribution in [0.1, 0.15) is 23.0 Å². The van der Waals surface area contributed by atoms with Gasteiger partial charge in [-0.05, 0) is 48.9 Å². The van der Waals surface area contributed by atoms with E-state index in [-0.39, 0.29) is 6.61 Å². The maximum absolute atomic E-state index is 13.3. The van der Waals surface area contributed by atoms with Gasteiger partial charge in [0.2, 0.25) is 0 Å². The average Bonchev–Trinajstić information content (AvgIpc) is 3.41. The highest BCUT2D eigenvalue weighted by Crippen LogP contribution is 2.38. The van der Waals surface area contributed by atoms with Crippen LogP contribution in [0.3, 0.4) is 0 Å². The molecule has 0 aliphatic carbocycles. The van der Waals surface area contributed by atoms with Crippen molar-refractivity contribution in [1.82, 2.24) is 13.3 Å². The van der Waals surface area contributed by atoms with E-state index in [1.807, 2.05) is 65.2 Å². The highest BCUT2D eigenvalue weighted by Gasteiger charge is 2.26. The first-order valence-electron chi connectivity index (χ1n) is 10.5. The lowest BCUT2D eigenvalue weighted by atomic mass is 10.0. The Morgan fingerprint density at radius 3 is 2.70 bits per heavy atom. The quantitative estimate of drug-likeness (QED) is 0.280. The van der Waals surface area contributed by atoms with Gasteiger partial charge in [-0.25, -0.2) is 4.79 Å². The van der Waals surface area contributed by atoms with Crippen molar-refractivity contribution in [3.63, 3.8) is 0 Å². The minimum Gasteiger partial charge on any atom is -0.496 e. The lowest BCUT2D eigenvalue weighted by molar-refractivity contribution is 0.0516. The molecule has 5 rings (SSSR count). The van der Waals surface area contributed by atoms with Crippen molar-refractivity contribution in [3.05, 3.63) is 71.9 Å². The van der Waals surface area contributed by atoms with Gasteiger partial charge in [0.05, 0.1) is 32.0 Å². The van der Waals surface area contributed by atoms with E-state index in [9.17, 15) is 4.79 Å². The van der Waals surface area contributed by atoms with Gasteiger partial charge in [0.15, 0.2) is 0 Å². The highest BCUT2D eigenvalue weighted by atomic mass is 32.1. The monoisotopic (exact) mass is 458 g/mol. The van der Waals surface area contributed by atoms with E-state index in [0.29, 0.717) is 17.9 Å². The number of carbonyl (C=O) groups excluding carboxylic acids is 1. The Hall–Kier alpha value is -3.91. The van der Waals surface area contributed by atoms with Gasteiger partial charge >= 0.3 is 5.97 Å². The van der Waals surface area contributed by atoms with E-state index in [0.717, 1.165) is 56.1 Å². The number of carbonyl (C=O) groups is 1. The first-order chi connectivity index (χ1) is 16.1. The van der Waals surface area contributed by atoms with Crippen LogP contribution in [0.15, 0.2) is 60.7 Å². The molecule has 0 spiro atoms. The number of nitrogens with two attached hydrogens (primary N) is 1. The van der Waals surface area contributed by atoms with E-state index >= 15 is 0 Å². The fraction of sp³-hybridized carbons (Fsp3) is 0.160. The van der Waals surface area contributed by atoms with Crippen molar-refractivity contribution in [2.45, 2.75) is 13.5 Å². The zero-order chi connectivity index (χ0) is 22.9. The predicted molar refractivity (Wildman–Crippen MR) is 131 cm³/mol. The Bertz CT molecular complexity index is 1490. The molecular formula is C25H22N4O3S. The SMILES string of the molecule is CCOC(=O)c1c(-c2ccc3nsnc3c2)c2cc(N)ccc2n1Cc1ccccc1OC. The average molecular weight is 459 g/mol. The van der Waals surface area contributed by atoms with Crippen LogP contribution < -0.4 is 10.5 Å². The molecule has 5 aromatic rings. The van der Waals surface area contributed by atoms with Crippen molar-refractivity contribution < 1.29 is 14.3 Å². The van der Waals surface area contributed by atoms with Crippen LogP contribution in [-0.4, -0.2) is 33.0 Å². The summed E-state index contributed by atoms with van der Waals surface area (Å²) >= 11 is 1.16. The zero-order valence-electron chi connectivity index (χ0n) is 18.2. The molecule has 2 heterocycles. The number of hydrogen-bond donors (Lipinski definition) is 1. The second-order valence-electron chi connectivity index (χ2n) is 7.59. The van der Waals surface area contributed by atoms with Crippen molar-refractivity contribution in [2.24, 2.45) is 0 Å². The number of ether oxygens (including phenoxy) is 2. The van der Waals surface area contributed by atoms with Crippen LogP contribution >= 0.6 is 11.7 Å². The number of rotatable bonds is 6. The Labute approximate surface area is 194 Å². The largest absolute Gasteiger partial charge is 0.496 e. The molecule has 2 N–H and O–H groups in total. The van der Waals surface area contributed by atoms with Crippen LogP contribution in [0, 0.1) is 0 Å². The number of methoxy groups -OCH3 is 1. The molecule has 0 amide bonds. The lowest BCUT2D eigenvalue weighted by Crippen LogP contribution is -2.14. The molecule has 0 radical (unpaired) electrons. The summed E-state index contributed by atoms with van der Waals surface area (Å²) in [5.74, 6) is 0.356. The van der Waals surface area contributed by atoms with Crippen molar-refractivity contribution in [3.8, 4) is 16.9 Å². The van der Waals surface area contributed by atoms with Crippen molar-refractivity contribution in [2.75, 3.05) is 19.5 Å². The summed E-state index contributed by atoms with van der Waals surface area (Å²) in [4.78, 5) is 13.3. The molecule has 0 saturated carbocycles. The number of fused-ring (bicyclic) bond motifs is 2. The first kappa shape index (κ1) is 21.0. The molecule has 0 unspecified atom stereocenters. The fourth-order valence-corrected chi connectivity index (χ4v) is 4.70. The standard InChI is InChI=1S/C25H22N4O3S/c1-3-32-25(30)24-23(15-8-10-19-20(12-15)28-33-27-19)18-13-17(26)9-11-21(18)29(24)14-16-6-4-5-7-22(16)31-2/h4-13H,3,14,26H2,1-2H3. The van der Waals surface area contributed by atoms with Gasteiger partial charge < -0.3 is 19.8 Å². The van der Waals surface area contributed by atoms with Gasteiger partial charge in [-0.1, -0.05) is 24.3 Å². The van der Waals surface area contributed by atoms with Crippen LogP contribution in [0.25, 0.3) is 33.1 Å². The van der Waals surface area contributed by atoms with Gasteiger partial charge in [-0.15, -0.1) is 0 Å². The third-order valence-electron chi connectivity index (χ3n) is 5.62. The summed E-state index contributed by atoms with van der Waals surface area (Å²) < 4.78 is 21.7.